The minimum atomic E-state index is 0.0392. The Labute approximate surface area is 167 Å². The van der Waals surface area contributed by atoms with Crippen LogP contribution in [0, 0.1) is 19.8 Å². The van der Waals surface area contributed by atoms with E-state index in [0.717, 1.165) is 49.0 Å². The Morgan fingerprint density at radius 1 is 1.18 bits per heavy atom. The van der Waals surface area contributed by atoms with Gasteiger partial charge >= 0.3 is 0 Å². The number of rotatable bonds is 6. The van der Waals surface area contributed by atoms with Gasteiger partial charge in [-0.1, -0.05) is 13.8 Å². The van der Waals surface area contributed by atoms with Crippen molar-refractivity contribution in [3.63, 3.8) is 0 Å². The summed E-state index contributed by atoms with van der Waals surface area (Å²) in [6.45, 7) is 9.99. The molecule has 7 nitrogen and oxygen atoms in total. The Bertz CT molecular complexity index is 876. The van der Waals surface area contributed by atoms with Gasteiger partial charge in [0.25, 0.3) is 0 Å². The van der Waals surface area contributed by atoms with Crippen molar-refractivity contribution in [1.82, 2.24) is 29.4 Å². The standard InChI is InChI=1S/C21H32N6O/c1-13(2)12-18-21-22-20(16-6-7-16)24-27(21)11-10-26(18)19(28)9-8-17-14(3)23-25(5)15(17)4/h13,16,18H,6-12H2,1-5H3/t18-/m0/s1. The largest absolute Gasteiger partial charge is 0.331 e. The molecule has 7 heteroatoms. The Morgan fingerprint density at radius 3 is 2.54 bits per heavy atom. The zero-order valence-corrected chi connectivity index (χ0v) is 17.8. The van der Waals surface area contributed by atoms with Gasteiger partial charge in [-0.25, -0.2) is 9.67 Å². The van der Waals surface area contributed by atoms with Gasteiger partial charge in [-0.3, -0.25) is 9.48 Å². The highest BCUT2D eigenvalue weighted by molar-refractivity contribution is 5.77. The molecule has 28 heavy (non-hydrogen) atoms. The van der Waals surface area contributed by atoms with E-state index in [2.05, 4.69) is 35.5 Å². The van der Waals surface area contributed by atoms with Crippen molar-refractivity contribution in [3.8, 4) is 0 Å². The topological polar surface area (TPSA) is 68.8 Å². The third-order valence-corrected chi connectivity index (χ3v) is 6.15. The van der Waals surface area contributed by atoms with Gasteiger partial charge < -0.3 is 4.90 Å². The number of amides is 1. The van der Waals surface area contributed by atoms with Crippen LogP contribution in [0.25, 0.3) is 0 Å². The molecule has 3 heterocycles. The molecule has 1 saturated carbocycles. The second kappa shape index (κ2) is 7.33. The molecule has 152 valence electrons. The summed E-state index contributed by atoms with van der Waals surface area (Å²) in [4.78, 5) is 20.1. The first-order chi connectivity index (χ1) is 13.3. The van der Waals surface area contributed by atoms with Gasteiger partial charge in [-0.15, -0.1) is 0 Å². The van der Waals surface area contributed by atoms with Crippen LogP contribution in [0.3, 0.4) is 0 Å². The van der Waals surface area contributed by atoms with E-state index in [0.29, 0.717) is 18.3 Å². The van der Waals surface area contributed by atoms with Crippen molar-refractivity contribution in [2.45, 2.75) is 78.3 Å². The van der Waals surface area contributed by atoms with Crippen molar-refractivity contribution in [1.29, 1.82) is 0 Å². The fraction of sp³-hybridized carbons (Fsp3) is 0.714. The number of aryl methyl sites for hydroxylation is 2. The summed E-state index contributed by atoms with van der Waals surface area (Å²) < 4.78 is 3.96. The average molecular weight is 385 g/mol. The van der Waals surface area contributed by atoms with Crippen LogP contribution < -0.4 is 0 Å². The van der Waals surface area contributed by atoms with Crippen molar-refractivity contribution < 1.29 is 4.79 Å². The molecule has 0 radical (unpaired) electrons. The van der Waals surface area contributed by atoms with Crippen molar-refractivity contribution >= 4 is 5.91 Å². The summed E-state index contributed by atoms with van der Waals surface area (Å²) in [7, 11) is 1.96. The fourth-order valence-electron chi connectivity index (χ4n) is 4.33. The summed E-state index contributed by atoms with van der Waals surface area (Å²) in [6.07, 6.45) is 4.59. The highest BCUT2D eigenvalue weighted by Crippen LogP contribution is 2.40. The lowest BCUT2D eigenvalue weighted by Crippen LogP contribution is -2.43. The van der Waals surface area contributed by atoms with Gasteiger partial charge in [0.2, 0.25) is 5.91 Å². The van der Waals surface area contributed by atoms with Gasteiger partial charge in [0.1, 0.15) is 5.82 Å². The molecule has 1 amide bonds. The van der Waals surface area contributed by atoms with Gasteiger partial charge in [-0.2, -0.15) is 10.2 Å². The lowest BCUT2D eigenvalue weighted by atomic mass is 9.99. The number of hydrogen-bond donors (Lipinski definition) is 0. The Hall–Kier alpha value is -2.18. The predicted molar refractivity (Wildman–Crippen MR) is 107 cm³/mol. The molecule has 1 aliphatic carbocycles. The second-order valence-corrected chi connectivity index (χ2v) is 8.83. The molecule has 1 aliphatic heterocycles. The van der Waals surface area contributed by atoms with E-state index in [4.69, 9.17) is 10.1 Å². The van der Waals surface area contributed by atoms with E-state index in [1.54, 1.807) is 0 Å². The van der Waals surface area contributed by atoms with Gasteiger partial charge in [-0.05, 0) is 51.0 Å². The van der Waals surface area contributed by atoms with E-state index >= 15 is 0 Å². The maximum Gasteiger partial charge on any atom is 0.223 e. The summed E-state index contributed by atoms with van der Waals surface area (Å²) in [6, 6.07) is 0.0392. The summed E-state index contributed by atoms with van der Waals surface area (Å²) in [5.74, 6) is 3.23. The molecule has 2 aliphatic rings. The molecular formula is C21H32N6O. The number of carbonyl (C=O) groups excluding carboxylic acids is 1. The second-order valence-electron chi connectivity index (χ2n) is 8.83. The Kier molecular flexibility index (Phi) is 5.02. The smallest absolute Gasteiger partial charge is 0.223 e. The summed E-state index contributed by atoms with van der Waals surface area (Å²) in [5.41, 5.74) is 3.38. The van der Waals surface area contributed by atoms with Crippen LogP contribution in [0.2, 0.25) is 0 Å². The van der Waals surface area contributed by atoms with Crippen LogP contribution in [-0.2, 0) is 24.8 Å². The lowest BCUT2D eigenvalue weighted by molar-refractivity contribution is -0.135. The molecule has 0 N–H and O–H groups in total. The Balaban J connectivity index is 1.52. The highest BCUT2D eigenvalue weighted by atomic mass is 16.2. The number of fused-ring (bicyclic) bond motifs is 1. The van der Waals surface area contributed by atoms with E-state index in [9.17, 15) is 4.79 Å². The first-order valence-corrected chi connectivity index (χ1v) is 10.6. The van der Waals surface area contributed by atoms with Gasteiger partial charge in [0, 0.05) is 31.6 Å². The third kappa shape index (κ3) is 3.59. The van der Waals surface area contributed by atoms with Crippen LogP contribution in [0.4, 0.5) is 0 Å². The lowest BCUT2D eigenvalue weighted by Gasteiger charge is -2.36. The normalized spacial score (nSPS) is 19.4. The van der Waals surface area contributed by atoms with Crippen LogP contribution in [0.15, 0.2) is 0 Å². The van der Waals surface area contributed by atoms with Gasteiger partial charge in [0.15, 0.2) is 5.82 Å². The minimum Gasteiger partial charge on any atom is -0.331 e. The summed E-state index contributed by atoms with van der Waals surface area (Å²) >= 11 is 0. The first-order valence-electron chi connectivity index (χ1n) is 10.6. The van der Waals surface area contributed by atoms with E-state index in [1.807, 2.05) is 18.7 Å². The van der Waals surface area contributed by atoms with Crippen LogP contribution in [0.5, 0.6) is 0 Å². The van der Waals surface area contributed by atoms with Gasteiger partial charge in [0.05, 0.1) is 18.3 Å². The van der Waals surface area contributed by atoms with Crippen molar-refractivity contribution in [2.75, 3.05) is 6.54 Å². The molecule has 0 spiro atoms. The van der Waals surface area contributed by atoms with E-state index < -0.39 is 0 Å². The van der Waals surface area contributed by atoms with Crippen molar-refractivity contribution in [2.24, 2.45) is 13.0 Å². The number of aromatic nitrogens is 5. The molecule has 0 bridgehead atoms. The van der Waals surface area contributed by atoms with Crippen LogP contribution in [0.1, 0.15) is 80.1 Å². The molecule has 2 aromatic rings. The maximum atomic E-state index is 13.2. The molecule has 2 aromatic heterocycles. The fourth-order valence-corrected chi connectivity index (χ4v) is 4.33. The third-order valence-electron chi connectivity index (χ3n) is 6.15. The molecule has 1 fully saturated rings. The highest BCUT2D eigenvalue weighted by Gasteiger charge is 2.36. The number of nitrogens with zero attached hydrogens (tertiary/aromatic N) is 6. The SMILES string of the molecule is Cc1nn(C)c(C)c1CCC(=O)N1CCn2nc(C3CC3)nc2[C@@H]1CC(C)C. The van der Waals surface area contributed by atoms with Crippen LogP contribution in [-0.4, -0.2) is 41.9 Å². The first kappa shape index (κ1) is 19.2. The molecule has 4 rings (SSSR count). The molecule has 0 aromatic carbocycles. The quantitative estimate of drug-likeness (QED) is 0.767. The number of carbonyl (C=O) groups is 1. The molecular weight excluding hydrogens is 352 g/mol. The maximum absolute atomic E-state index is 13.2. The molecule has 0 saturated heterocycles. The summed E-state index contributed by atoms with van der Waals surface area (Å²) in [5, 5.41) is 9.22. The average Bonchev–Trinajstić information content (AvgIpc) is 3.34. The molecule has 0 unspecified atom stereocenters. The molecule has 1 atom stereocenters. The zero-order chi connectivity index (χ0) is 20.0. The number of hydrogen-bond acceptors (Lipinski definition) is 4. The van der Waals surface area contributed by atoms with E-state index in [-0.39, 0.29) is 11.9 Å². The predicted octanol–water partition coefficient (Wildman–Crippen LogP) is 3.07. The Morgan fingerprint density at radius 2 is 1.93 bits per heavy atom. The minimum absolute atomic E-state index is 0.0392. The monoisotopic (exact) mass is 384 g/mol. The van der Waals surface area contributed by atoms with Crippen molar-refractivity contribution in [3.05, 3.63) is 28.6 Å². The van der Waals surface area contributed by atoms with Crippen LogP contribution >= 0.6 is 0 Å². The van der Waals surface area contributed by atoms with E-state index in [1.165, 1.54) is 18.4 Å². The zero-order valence-electron chi connectivity index (χ0n) is 17.8.